The van der Waals surface area contributed by atoms with Crippen molar-refractivity contribution in [2.24, 2.45) is 5.92 Å². The Morgan fingerprint density at radius 1 is 1.31 bits per heavy atom. The van der Waals surface area contributed by atoms with Crippen LogP contribution in [0.5, 0.6) is 0 Å². The molecular weight excluding hydrogens is 202 g/mol. The summed E-state index contributed by atoms with van der Waals surface area (Å²) in [6.07, 6.45) is 6.23. The molecule has 0 spiro atoms. The molecule has 0 radical (unpaired) electrons. The molecule has 3 nitrogen and oxygen atoms in total. The fraction of sp³-hybridized carbons (Fsp3) is 0.923. The summed E-state index contributed by atoms with van der Waals surface area (Å²) >= 11 is 0. The molecule has 0 aromatic rings. The molecule has 0 aromatic carbocycles. The molecule has 0 aromatic heterocycles. The maximum Gasteiger partial charge on any atom is 0.149 e. The van der Waals surface area contributed by atoms with Crippen molar-refractivity contribution in [2.45, 2.75) is 52.0 Å². The maximum absolute atomic E-state index is 11.7. The molecule has 1 saturated carbocycles. The van der Waals surface area contributed by atoms with E-state index < -0.39 is 0 Å². The van der Waals surface area contributed by atoms with Crippen LogP contribution in [0.25, 0.3) is 0 Å². The number of Topliss-reactive ketones (excluding diaryl/α,β-unsaturated/α-hetero) is 1. The first-order valence-corrected chi connectivity index (χ1v) is 6.52. The van der Waals surface area contributed by atoms with E-state index in [-0.39, 0.29) is 12.5 Å². The van der Waals surface area contributed by atoms with Gasteiger partial charge in [-0.15, -0.1) is 0 Å². The average Bonchev–Trinajstić information content (AvgIpc) is 2.29. The van der Waals surface area contributed by atoms with Crippen LogP contribution in [0.1, 0.15) is 46.0 Å². The highest BCUT2D eigenvalue weighted by Gasteiger charge is 2.23. The second-order valence-electron chi connectivity index (χ2n) is 5.11. The number of hydrogen-bond acceptors (Lipinski definition) is 3. The number of nitrogens with zero attached hydrogens (tertiary/aromatic N) is 1. The minimum absolute atomic E-state index is 0.102. The van der Waals surface area contributed by atoms with E-state index in [0.29, 0.717) is 24.9 Å². The fourth-order valence-electron chi connectivity index (χ4n) is 2.35. The second-order valence-corrected chi connectivity index (χ2v) is 5.11. The quantitative estimate of drug-likeness (QED) is 0.752. The maximum atomic E-state index is 11.7. The van der Waals surface area contributed by atoms with Crippen molar-refractivity contribution in [1.82, 2.24) is 4.90 Å². The molecule has 16 heavy (non-hydrogen) atoms. The average molecular weight is 227 g/mol. The lowest BCUT2D eigenvalue weighted by Gasteiger charge is -2.33. The summed E-state index contributed by atoms with van der Waals surface area (Å²) in [6.45, 7) is 5.20. The highest BCUT2D eigenvalue weighted by atomic mass is 16.3. The molecular formula is C13H25NO2. The van der Waals surface area contributed by atoms with Crippen molar-refractivity contribution >= 4 is 5.78 Å². The number of aliphatic hydroxyl groups excluding tert-OH is 1. The molecule has 0 atom stereocenters. The zero-order valence-electron chi connectivity index (χ0n) is 10.6. The molecule has 3 heteroatoms. The van der Waals surface area contributed by atoms with Crippen molar-refractivity contribution in [3.8, 4) is 0 Å². The number of carbonyl (C=O) groups is 1. The molecule has 1 aliphatic carbocycles. The summed E-state index contributed by atoms with van der Waals surface area (Å²) in [7, 11) is 0. The third-order valence-electron chi connectivity index (χ3n) is 3.48. The number of rotatable bonds is 6. The number of ketones is 1. The van der Waals surface area contributed by atoms with Crippen LogP contribution in [0.2, 0.25) is 0 Å². The van der Waals surface area contributed by atoms with Gasteiger partial charge in [-0.05, 0) is 12.8 Å². The van der Waals surface area contributed by atoms with E-state index >= 15 is 0 Å². The van der Waals surface area contributed by atoms with Crippen molar-refractivity contribution in [3.63, 3.8) is 0 Å². The van der Waals surface area contributed by atoms with Crippen LogP contribution in [0.4, 0.5) is 0 Å². The lowest BCUT2D eigenvalue weighted by molar-refractivity contribution is -0.123. The number of aliphatic hydroxyl groups is 1. The Morgan fingerprint density at radius 2 is 1.94 bits per heavy atom. The van der Waals surface area contributed by atoms with E-state index in [1.54, 1.807) is 0 Å². The first-order valence-electron chi connectivity index (χ1n) is 6.52. The van der Waals surface area contributed by atoms with E-state index in [9.17, 15) is 4.79 Å². The SMILES string of the molecule is CC(C)C(=O)CN(CCO)C1CCCCC1. The van der Waals surface area contributed by atoms with E-state index in [2.05, 4.69) is 4.90 Å². The number of carbonyl (C=O) groups excluding carboxylic acids is 1. The van der Waals surface area contributed by atoms with Crippen LogP contribution in [0, 0.1) is 5.92 Å². The van der Waals surface area contributed by atoms with Gasteiger partial charge in [0.05, 0.1) is 13.2 Å². The van der Waals surface area contributed by atoms with Crippen LogP contribution < -0.4 is 0 Å². The molecule has 1 rings (SSSR count). The van der Waals surface area contributed by atoms with Crippen molar-refractivity contribution < 1.29 is 9.90 Å². The highest BCUT2D eigenvalue weighted by molar-refractivity contribution is 5.82. The summed E-state index contributed by atoms with van der Waals surface area (Å²) in [5, 5.41) is 9.07. The van der Waals surface area contributed by atoms with E-state index in [4.69, 9.17) is 5.11 Å². The minimum atomic E-state index is 0.102. The topological polar surface area (TPSA) is 40.5 Å². The smallest absolute Gasteiger partial charge is 0.149 e. The van der Waals surface area contributed by atoms with Gasteiger partial charge in [0.1, 0.15) is 5.78 Å². The Kier molecular flexibility index (Phi) is 5.99. The van der Waals surface area contributed by atoms with Crippen molar-refractivity contribution in [3.05, 3.63) is 0 Å². The predicted octanol–water partition coefficient (Wildman–Crippen LogP) is 1.84. The molecule has 94 valence electrons. The van der Waals surface area contributed by atoms with Crippen LogP contribution in [-0.4, -0.2) is 41.5 Å². The predicted molar refractivity (Wildman–Crippen MR) is 65.4 cm³/mol. The Hall–Kier alpha value is -0.410. The molecule has 0 heterocycles. The fourth-order valence-corrected chi connectivity index (χ4v) is 2.35. The molecule has 1 fully saturated rings. The first-order chi connectivity index (χ1) is 7.65. The summed E-state index contributed by atoms with van der Waals surface area (Å²) in [6, 6.07) is 0.517. The first kappa shape index (κ1) is 13.7. The van der Waals surface area contributed by atoms with Gasteiger partial charge in [0.2, 0.25) is 0 Å². The van der Waals surface area contributed by atoms with Gasteiger partial charge in [0.15, 0.2) is 0 Å². The van der Waals surface area contributed by atoms with E-state index in [1.165, 1.54) is 32.1 Å². The monoisotopic (exact) mass is 227 g/mol. The Labute approximate surface area is 98.8 Å². The lowest BCUT2D eigenvalue weighted by atomic mass is 9.93. The van der Waals surface area contributed by atoms with Crippen LogP contribution in [0.15, 0.2) is 0 Å². The van der Waals surface area contributed by atoms with Crippen LogP contribution in [-0.2, 0) is 4.79 Å². The van der Waals surface area contributed by atoms with Gasteiger partial charge in [-0.3, -0.25) is 9.69 Å². The zero-order valence-corrected chi connectivity index (χ0v) is 10.6. The summed E-state index contributed by atoms with van der Waals surface area (Å²) in [4.78, 5) is 13.9. The van der Waals surface area contributed by atoms with Gasteiger partial charge in [-0.2, -0.15) is 0 Å². The lowest BCUT2D eigenvalue weighted by Crippen LogP contribution is -2.42. The molecule has 0 unspecified atom stereocenters. The zero-order chi connectivity index (χ0) is 12.0. The van der Waals surface area contributed by atoms with Crippen molar-refractivity contribution in [1.29, 1.82) is 0 Å². The molecule has 1 aliphatic rings. The molecule has 0 saturated heterocycles. The number of hydrogen-bond donors (Lipinski definition) is 1. The minimum Gasteiger partial charge on any atom is -0.395 e. The van der Waals surface area contributed by atoms with Crippen molar-refractivity contribution in [2.75, 3.05) is 19.7 Å². The van der Waals surface area contributed by atoms with E-state index in [1.807, 2.05) is 13.8 Å². The summed E-state index contributed by atoms with van der Waals surface area (Å²) < 4.78 is 0. The normalized spacial score (nSPS) is 18.3. The second kappa shape index (κ2) is 7.02. The standard InChI is InChI=1S/C13H25NO2/c1-11(2)13(16)10-14(8-9-15)12-6-4-3-5-7-12/h11-12,15H,3-10H2,1-2H3. The van der Waals surface area contributed by atoms with Gasteiger partial charge in [-0.1, -0.05) is 33.1 Å². The summed E-state index contributed by atoms with van der Waals surface area (Å²) in [5.74, 6) is 0.392. The Morgan fingerprint density at radius 3 is 2.44 bits per heavy atom. The molecule has 0 bridgehead atoms. The Bertz CT molecular complexity index is 210. The van der Waals surface area contributed by atoms with Gasteiger partial charge in [0, 0.05) is 18.5 Å². The van der Waals surface area contributed by atoms with Gasteiger partial charge < -0.3 is 5.11 Å². The highest BCUT2D eigenvalue weighted by Crippen LogP contribution is 2.22. The molecule has 0 amide bonds. The van der Waals surface area contributed by atoms with Crippen LogP contribution >= 0.6 is 0 Å². The molecule has 0 aliphatic heterocycles. The van der Waals surface area contributed by atoms with Gasteiger partial charge >= 0.3 is 0 Å². The summed E-state index contributed by atoms with van der Waals surface area (Å²) in [5.41, 5.74) is 0. The van der Waals surface area contributed by atoms with Gasteiger partial charge in [0.25, 0.3) is 0 Å². The third-order valence-corrected chi connectivity index (χ3v) is 3.48. The van der Waals surface area contributed by atoms with E-state index in [0.717, 1.165) is 0 Å². The van der Waals surface area contributed by atoms with Gasteiger partial charge in [-0.25, -0.2) is 0 Å². The third kappa shape index (κ3) is 4.22. The Balaban J connectivity index is 2.48. The molecule has 1 N–H and O–H groups in total. The van der Waals surface area contributed by atoms with Crippen LogP contribution in [0.3, 0.4) is 0 Å². The largest absolute Gasteiger partial charge is 0.395 e.